The number of hydrogen-bond donors (Lipinski definition) is 0. The summed E-state index contributed by atoms with van der Waals surface area (Å²) in [6, 6.07) is 54.6. The molecule has 0 radical (unpaired) electrons. The highest BCUT2D eigenvalue weighted by atomic mass is 31.1. The van der Waals surface area contributed by atoms with Crippen molar-refractivity contribution < 1.29 is 0 Å². The summed E-state index contributed by atoms with van der Waals surface area (Å²) in [5.41, 5.74) is 15.0. The molecule has 6 aromatic carbocycles. The lowest BCUT2D eigenvalue weighted by molar-refractivity contribution is 0.546. The van der Waals surface area contributed by atoms with E-state index < -0.39 is 15.8 Å². The molecule has 0 aliphatic heterocycles. The third-order valence-electron chi connectivity index (χ3n) is 14.1. The standard InChI is InChI=1S/C64H84P2/c1-40(2)51-28-52(41(3)4)33-59(32-51)65(60-34-53(42(5)6)29-54(35-60)43(7)8)63(49-24-20-18-21-25-49)48(17)64(50-26-22-19-23-27-50)66(61-36-55(44(9)10)30-56(37-61)45(11)12)62-38-57(46(13)14)31-58(39-62)47(15)16/h18-48,63-64H,1-17H3. The number of benzene rings is 6. The second-order valence-corrected chi connectivity index (χ2v) is 26.6. The fourth-order valence-electron chi connectivity index (χ4n) is 9.65. The Morgan fingerprint density at radius 2 is 0.409 bits per heavy atom. The van der Waals surface area contributed by atoms with Crippen LogP contribution in [-0.4, -0.2) is 0 Å². The van der Waals surface area contributed by atoms with Crippen LogP contribution in [-0.2, 0) is 0 Å². The van der Waals surface area contributed by atoms with Crippen molar-refractivity contribution in [3.05, 3.63) is 189 Å². The molecule has 0 saturated heterocycles. The van der Waals surface area contributed by atoms with Crippen molar-refractivity contribution in [2.45, 2.75) is 176 Å². The second kappa shape index (κ2) is 22.5. The van der Waals surface area contributed by atoms with Gasteiger partial charge in [-0.1, -0.05) is 251 Å². The van der Waals surface area contributed by atoms with Gasteiger partial charge in [-0.25, -0.2) is 0 Å². The Hall–Kier alpha value is -3.82. The third-order valence-corrected chi connectivity index (χ3v) is 20.0. The fourth-order valence-corrected chi connectivity index (χ4v) is 16.2. The Kier molecular flexibility index (Phi) is 17.6. The Morgan fingerprint density at radius 1 is 0.227 bits per heavy atom. The quantitative estimate of drug-likeness (QED) is 0.0754. The van der Waals surface area contributed by atoms with Crippen molar-refractivity contribution in [1.29, 1.82) is 0 Å². The minimum atomic E-state index is -0.935. The van der Waals surface area contributed by atoms with Gasteiger partial charge in [-0.2, -0.15) is 0 Å². The molecule has 0 bridgehead atoms. The van der Waals surface area contributed by atoms with E-state index >= 15 is 0 Å². The van der Waals surface area contributed by atoms with E-state index in [4.69, 9.17) is 0 Å². The van der Waals surface area contributed by atoms with Crippen molar-refractivity contribution in [2.24, 2.45) is 5.92 Å². The van der Waals surface area contributed by atoms with E-state index in [0.29, 0.717) is 47.3 Å². The molecule has 0 aliphatic rings. The van der Waals surface area contributed by atoms with Crippen LogP contribution in [0.5, 0.6) is 0 Å². The van der Waals surface area contributed by atoms with Gasteiger partial charge in [0.1, 0.15) is 0 Å². The van der Waals surface area contributed by atoms with E-state index in [1.54, 1.807) is 0 Å². The van der Waals surface area contributed by atoms with E-state index in [2.05, 4.69) is 251 Å². The first-order valence-corrected chi connectivity index (χ1v) is 28.4. The summed E-state index contributed by atoms with van der Waals surface area (Å²) in [6.07, 6.45) is 0. The lowest BCUT2D eigenvalue weighted by Crippen LogP contribution is -2.29. The highest BCUT2D eigenvalue weighted by Crippen LogP contribution is 2.64. The van der Waals surface area contributed by atoms with Crippen molar-refractivity contribution >= 4 is 37.1 Å². The molecule has 2 atom stereocenters. The average molecular weight is 915 g/mol. The Labute approximate surface area is 406 Å². The summed E-state index contributed by atoms with van der Waals surface area (Å²) in [5, 5.41) is 6.06. The van der Waals surface area contributed by atoms with Crippen LogP contribution in [0.4, 0.5) is 0 Å². The largest absolute Gasteiger partial charge is 0.0622 e. The predicted molar refractivity (Wildman–Crippen MR) is 298 cm³/mol. The maximum absolute atomic E-state index is 2.66. The molecule has 0 aliphatic carbocycles. The summed E-state index contributed by atoms with van der Waals surface area (Å²) in [7, 11) is -1.87. The average Bonchev–Trinajstić information content (AvgIpc) is 3.29. The summed E-state index contributed by atoms with van der Waals surface area (Å²) in [4.78, 5) is 0. The van der Waals surface area contributed by atoms with Gasteiger partial charge in [0.2, 0.25) is 0 Å². The predicted octanol–water partition coefficient (Wildman–Crippen LogP) is 18.4. The summed E-state index contributed by atoms with van der Waals surface area (Å²) in [5.74, 6) is 3.67. The molecule has 0 saturated carbocycles. The van der Waals surface area contributed by atoms with E-state index in [-0.39, 0.29) is 17.2 Å². The zero-order valence-corrected chi connectivity index (χ0v) is 45.7. The third kappa shape index (κ3) is 12.1. The molecular weight excluding hydrogens is 831 g/mol. The van der Waals surface area contributed by atoms with Gasteiger partial charge < -0.3 is 0 Å². The van der Waals surface area contributed by atoms with Gasteiger partial charge in [0.25, 0.3) is 0 Å². The van der Waals surface area contributed by atoms with Crippen molar-refractivity contribution in [3.8, 4) is 0 Å². The summed E-state index contributed by atoms with van der Waals surface area (Å²) >= 11 is 0. The van der Waals surface area contributed by atoms with Crippen LogP contribution in [0.1, 0.15) is 232 Å². The minimum absolute atomic E-state index is 0.219. The van der Waals surface area contributed by atoms with Crippen LogP contribution in [0.25, 0.3) is 0 Å². The van der Waals surface area contributed by atoms with Crippen LogP contribution < -0.4 is 21.2 Å². The van der Waals surface area contributed by atoms with Crippen LogP contribution >= 0.6 is 15.8 Å². The van der Waals surface area contributed by atoms with Crippen LogP contribution in [0.3, 0.4) is 0 Å². The first kappa shape index (κ1) is 51.6. The van der Waals surface area contributed by atoms with Crippen LogP contribution in [0.2, 0.25) is 0 Å². The monoisotopic (exact) mass is 915 g/mol. The van der Waals surface area contributed by atoms with Gasteiger partial charge in [-0.3, -0.25) is 0 Å². The van der Waals surface area contributed by atoms with Gasteiger partial charge >= 0.3 is 0 Å². The molecule has 0 spiro atoms. The molecule has 2 unspecified atom stereocenters. The molecule has 66 heavy (non-hydrogen) atoms. The first-order valence-electron chi connectivity index (χ1n) is 25.5. The van der Waals surface area contributed by atoms with Crippen LogP contribution in [0, 0.1) is 5.92 Å². The molecular formula is C64H84P2. The Morgan fingerprint density at radius 3 is 0.576 bits per heavy atom. The van der Waals surface area contributed by atoms with E-state index in [1.165, 1.54) is 76.9 Å². The van der Waals surface area contributed by atoms with E-state index in [1.807, 2.05) is 0 Å². The lowest BCUT2D eigenvalue weighted by Gasteiger charge is -2.42. The Bertz CT molecular complexity index is 2080. The number of hydrogen-bond acceptors (Lipinski definition) is 0. The van der Waals surface area contributed by atoms with Crippen LogP contribution in [0.15, 0.2) is 133 Å². The van der Waals surface area contributed by atoms with Crippen molar-refractivity contribution in [1.82, 2.24) is 0 Å². The zero-order valence-electron chi connectivity index (χ0n) is 43.9. The molecule has 6 aromatic rings. The van der Waals surface area contributed by atoms with Gasteiger partial charge in [0.05, 0.1) is 0 Å². The molecule has 0 heterocycles. The van der Waals surface area contributed by atoms with Gasteiger partial charge in [-0.05, 0) is 146 Å². The highest BCUT2D eigenvalue weighted by molar-refractivity contribution is 7.74. The zero-order chi connectivity index (χ0) is 48.1. The summed E-state index contributed by atoms with van der Waals surface area (Å²) in [6.45, 7) is 40.7. The van der Waals surface area contributed by atoms with Crippen molar-refractivity contribution in [3.63, 3.8) is 0 Å². The molecule has 2 heteroatoms. The SMILES string of the molecule is CC(C)c1cc(C(C)C)cc(P(c2cc(C(C)C)cc(C(C)C)c2)C(c2ccccc2)C(C)C(c2ccccc2)P(c2cc(C(C)C)cc(C(C)C)c2)c2cc(C(C)C)cc(C(C)C)c2)c1. The first-order chi connectivity index (χ1) is 31.2. The molecule has 0 fully saturated rings. The fraction of sp³-hybridized carbons (Fsp3) is 0.438. The highest BCUT2D eigenvalue weighted by Gasteiger charge is 2.41. The number of rotatable bonds is 18. The normalized spacial score (nSPS) is 13.8. The maximum Gasteiger partial charge on any atom is 0.0157 e. The van der Waals surface area contributed by atoms with Gasteiger partial charge in [0.15, 0.2) is 0 Å². The maximum atomic E-state index is 2.66. The second-order valence-electron chi connectivity index (χ2n) is 22.0. The smallest absolute Gasteiger partial charge is 0.0157 e. The van der Waals surface area contributed by atoms with E-state index in [0.717, 1.165) is 0 Å². The van der Waals surface area contributed by atoms with Gasteiger partial charge in [0, 0.05) is 11.3 Å². The van der Waals surface area contributed by atoms with E-state index in [9.17, 15) is 0 Å². The molecule has 0 aromatic heterocycles. The minimum Gasteiger partial charge on any atom is -0.0622 e. The van der Waals surface area contributed by atoms with Crippen molar-refractivity contribution in [2.75, 3.05) is 0 Å². The molecule has 0 amide bonds. The molecule has 350 valence electrons. The summed E-state index contributed by atoms with van der Waals surface area (Å²) < 4.78 is 0. The molecule has 6 rings (SSSR count). The molecule has 0 nitrogen and oxygen atoms in total. The topological polar surface area (TPSA) is 0 Å². The lowest BCUT2D eigenvalue weighted by atomic mass is 9.92. The Balaban J connectivity index is 1.80. The molecule has 0 N–H and O–H groups in total. The van der Waals surface area contributed by atoms with Gasteiger partial charge in [-0.15, -0.1) is 0 Å².